The molecule has 0 unspecified atom stereocenters. The third-order valence-electron chi connectivity index (χ3n) is 2.35. The number of hydrogen-bond acceptors (Lipinski definition) is 3. The number of nitrogens with one attached hydrogen (secondary N) is 1. The fourth-order valence-corrected chi connectivity index (χ4v) is 1.44. The molecule has 0 atom stereocenters. The number of methoxy groups -OCH3 is 2. The Morgan fingerprint density at radius 1 is 1.33 bits per heavy atom. The van der Waals surface area contributed by atoms with Crippen LogP contribution in [0.2, 0.25) is 0 Å². The molecule has 0 aromatic heterocycles. The van der Waals surface area contributed by atoms with Crippen molar-refractivity contribution in [2.24, 2.45) is 0 Å². The minimum atomic E-state index is 0.251. The number of benzene rings is 1. The van der Waals surface area contributed by atoms with Gasteiger partial charge in [-0.05, 0) is 18.1 Å². The highest BCUT2D eigenvalue weighted by Crippen LogP contribution is 2.21. The first-order valence-electron chi connectivity index (χ1n) is 4.98. The van der Waals surface area contributed by atoms with Crippen LogP contribution in [0.1, 0.15) is 18.1 Å². The van der Waals surface area contributed by atoms with Gasteiger partial charge in [0.05, 0.1) is 20.6 Å². The van der Waals surface area contributed by atoms with E-state index in [1.807, 2.05) is 12.1 Å². The molecule has 0 saturated carbocycles. The molecule has 0 saturated heterocycles. The number of aryl methyl sites for hydroxylation is 1. The summed E-state index contributed by atoms with van der Waals surface area (Å²) in [6.45, 7) is 2.10. The highest BCUT2D eigenvalue weighted by atomic mass is 16.5. The normalized spacial score (nSPS) is 9.80. The smallest absolute Gasteiger partial charge is 0.184 e. The zero-order chi connectivity index (χ0) is 11.3. The quantitative estimate of drug-likeness (QED) is 0.608. The summed E-state index contributed by atoms with van der Waals surface area (Å²) < 4.78 is 10.1. The Balaban J connectivity index is 2.95. The third kappa shape index (κ3) is 2.98. The monoisotopic (exact) mass is 207 g/mol. The first-order valence-corrected chi connectivity index (χ1v) is 4.98. The first-order chi connectivity index (χ1) is 7.21. The van der Waals surface area contributed by atoms with Crippen LogP contribution < -0.4 is 4.74 Å². The van der Waals surface area contributed by atoms with E-state index in [0.29, 0.717) is 6.42 Å². The third-order valence-corrected chi connectivity index (χ3v) is 2.35. The molecule has 1 aromatic carbocycles. The van der Waals surface area contributed by atoms with E-state index in [1.54, 1.807) is 7.11 Å². The lowest BCUT2D eigenvalue weighted by Crippen LogP contribution is -2.05. The first kappa shape index (κ1) is 11.6. The molecule has 3 heteroatoms. The predicted molar refractivity (Wildman–Crippen MR) is 60.8 cm³/mol. The van der Waals surface area contributed by atoms with Gasteiger partial charge in [-0.25, -0.2) is 0 Å². The standard InChI is InChI=1S/C12H17NO2/c1-4-9-5-6-11(14-2)10(7-9)8-12(13)15-3/h5-7,13H,4,8H2,1-3H3. The molecule has 0 aliphatic carbocycles. The van der Waals surface area contributed by atoms with Gasteiger partial charge in [0.1, 0.15) is 5.75 Å². The maximum Gasteiger partial charge on any atom is 0.184 e. The van der Waals surface area contributed by atoms with Gasteiger partial charge < -0.3 is 9.47 Å². The second-order valence-corrected chi connectivity index (χ2v) is 3.30. The lowest BCUT2D eigenvalue weighted by atomic mass is 10.1. The van der Waals surface area contributed by atoms with Gasteiger partial charge in [0.2, 0.25) is 0 Å². The van der Waals surface area contributed by atoms with Crippen LogP contribution in [-0.2, 0) is 17.6 Å². The molecule has 0 aliphatic heterocycles. The van der Waals surface area contributed by atoms with Crippen LogP contribution in [0.25, 0.3) is 0 Å². The largest absolute Gasteiger partial charge is 0.496 e. The van der Waals surface area contributed by atoms with Crippen molar-refractivity contribution in [2.45, 2.75) is 19.8 Å². The van der Waals surface area contributed by atoms with Gasteiger partial charge >= 0.3 is 0 Å². The van der Waals surface area contributed by atoms with Crippen LogP contribution in [0, 0.1) is 5.41 Å². The van der Waals surface area contributed by atoms with Gasteiger partial charge in [0.25, 0.3) is 0 Å². The molecule has 3 nitrogen and oxygen atoms in total. The van der Waals surface area contributed by atoms with Crippen LogP contribution in [0.5, 0.6) is 5.75 Å². The van der Waals surface area contributed by atoms with E-state index in [-0.39, 0.29) is 5.90 Å². The summed E-state index contributed by atoms with van der Waals surface area (Å²) in [5, 5.41) is 7.50. The zero-order valence-electron chi connectivity index (χ0n) is 9.46. The van der Waals surface area contributed by atoms with Crippen LogP contribution in [-0.4, -0.2) is 20.1 Å². The molecule has 0 amide bonds. The van der Waals surface area contributed by atoms with Crippen molar-refractivity contribution in [3.63, 3.8) is 0 Å². The Kier molecular flexibility index (Phi) is 4.16. The van der Waals surface area contributed by atoms with Crippen molar-refractivity contribution >= 4 is 5.90 Å². The van der Waals surface area contributed by atoms with Crippen LogP contribution >= 0.6 is 0 Å². The van der Waals surface area contributed by atoms with E-state index in [4.69, 9.17) is 14.9 Å². The van der Waals surface area contributed by atoms with E-state index >= 15 is 0 Å². The fourth-order valence-electron chi connectivity index (χ4n) is 1.44. The lowest BCUT2D eigenvalue weighted by molar-refractivity contribution is 0.385. The summed E-state index contributed by atoms with van der Waals surface area (Å²) in [7, 11) is 3.15. The Labute approximate surface area is 90.5 Å². The van der Waals surface area contributed by atoms with Crippen LogP contribution in [0.15, 0.2) is 18.2 Å². The van der Waals surface area contributed by atoms with E-state index in [1.165, 1.54) is 12.7 Å². The Hall–Kier alpha value is -1.51. The van der Waals surface area contributed by atoms with Crippen molar-refractivity contribution in [3.8, 4) is 5.75 Å². The van der Waals surface area contributed by atoms with Crippen molar-refractivity contribution in [1.82, 2.24) is 0 Å². The van der Waals surface area contributed by atoms with Crippen molar-refractivity contribution in [1.29, 1.82) is 5.41 Å². The molecular weight excluding hydrogens is 190 g/mol. The second-order valence-electron chi connectivity index (χ2n) is 3.30. The molecule has 0 spiro atoms. The van der Waals surface area contributed by atoms with E-state index < -0.39 is 0 Å². The van der Waals surface area contributed by atoms with E-state index in [0.717, 1.165) is 17.7 Å². The second kappa shape index (κ2) is 5.39. The molecule has 1 rings (SSSR count). The molecule has 0 radical (unpaired) electrons. The lowest BCUT2D eigenvalue weighted by Gasteiger charge is -2.10. The topological polar surface area (TPSA) is 42.3 Å². The highest BCUT2D eigenvalue weighted by Gasteiger charge is 2.06. The molecule has 0 fully saturated rings. The SMILES string of the molecule is CCc1ccc(OC)c(CC(=N)OC)c1. The molecular formula is C12H17NO2. The molecule has 0 heterocycles. The molecule has 82 valence electrons. The van der Waals surface area contributed by atoms with Gasteiger partial charge in [0, 0.05) is 5.56 Å². The van der Waals surface area contributed by atoms with Gasteiger partial charge in [-0.1, -0.05) is 19.1 Å². The Bertz CT molecular complexity index is 347. The summed E-state index contributed by atoms with van der Waals surface area (Å²) >= 11 is 0. The molecule has 1 N–H and O–H groups in total. The Morgan fingerprint density at radius 3 is 2.60 bits per heavy atom. The van der Waals surface area contributed by atoms with Crippen LogP contribution in [0.3, 0.4) is 0 Å². The zero-order valence-corrected chi connectivity index (χ0v) is 9.46. The molecule has 1 aromatic rings. The maximum absolute atomic E-state index is 7.50. The summed E-state index contributed by atoms with van der Waals surface area (Å²) in [4.78, 5) is 0. The molecule has 15 heavy (non-hydrogen) atoms. The summed E-state index contributed by atoms with van der Waals surface area (Å²) in [6, 6.07) is 6.04. The number of ether oxygens (including phenoxy) is 2. The number of hydrogen-bond donors (Lipinski definition) is 1. The average Bonchev–Trinajstić information content (AvgIpc) is 2.28. The van der Waals surface area contributed by atoms with Crippen molar-refractivity contribution in [2.75, 3.05) is 14.2 Å². The predicted octanol–water partition coefficient (Wildman–Crippen LogP) is 2.42. The highest BCUT2D eigenvalue weighted by molar-refractivity contribution is 5.76. The minimum absolute atomic E-state index is 0.251. The van der Waals surface area contributed by atoms with Gasteiger partial charge in [-0.3, -0.25) is 5.41 Å². The van der Waals surface area contributed by atoms with Gasteiger partial charge in [0.15, 0.2) is 5.90 Å². The Morgan fingerprint density at radius 2 is 2.07 bits per heavy atom. The molecule has 0 aliphatic rings. The van der Waals surface area contributed by atoms with E-state index in [2.05, 4.69) is 13.0 Å². The van der Waals surface area contributed by atoms with Crippen LogP contribution in [0.4, 0.5) is 0 Å². The summed E-state index contributed by atoms with van der Waals surface area (Å²) in [6.07, 6.45) is 1.46. The minimum Gasteiger partial charge on any atom is -0.496 e. The summed E-state index contributed by atoms with van der Waals surface area (Å²) in [5.41, 5.74) is 2.25. The van der Waals surface area contributed by atoms with Crippen molar-refractivity contribution in [3.05, 3.63) is 29.3 Å². The maximum atomic E-state index is 7.50. The van der Waals surface area contributed by atoms with Crippen molar-refractivity contribution < 1.29 is 9.47 Å². The van der Waals surface area contributed by atoms with E-state index in [9.17, 15) is 0 Å². The number of rotatable bonds is 4. The average molecular weight is 207 g/mol. The molecule has 0 bridgehead atoms. The van der Waals surface area contributed by atoms with Gasteiger partial charge in [-0.15, -0.1) is 0 Å². The van der Waals surface area contributed by atoms with Gasteiger partial charge in [-0.2, -0.15) is 0 Å². The fraction of sp³-hybridized carbons (Fsp3) is 0.417. The summed E-state index contributed by atoms with van der Waals surface area (Å²) in [5.74, 6) is 1.07.